The summed E-state index contributed by atoms with van der Waals surface area (Å²) in [7, 11) is 1.26. The average Bonchev–Trinajstić information content (AvgIpc) is 3.30. The van der Waals surface area contributed by atoms with Crippen LogP contribution in [-0.4, -0.2) is 89.0 Å². The molecule has 0 aromatic carbocycles. The second kappa shape index (κ2) is 9.78. The zero-order chi connectivity index (χ0) is 24.4. The number of methoxy groups -OCH3 is 1. The Labute approximate surface area is 197 Å². The maximum atomic E-state index is 13.2. The lowest BCUT2D eigenvalue weighted by atomic mass is 9.96. The molecule has 2 aromatic rings. The quantitative estimate of drug-likeness (QED) is 0.283. The minimum absolute atomic E-state index is 0.0488. The van der Waals surface area contributed by atoms with E-state index in [1.807, 2.05) is 0 Å². The number of aliphatic hydroxyl groups excluding tert-OH is 1. The molecule has 2 fully saturated rings. The van der Waals surface area contributed by atoms with Crippen molar-refractivity contribution in [2.75, 3.05) is 46.5 Å². The van der Waals surface area contributed by atoms with Crippen LogP contribution in [0.25, 0.3) is 5.76 Å². The second-order valence-electron chi connectivity index (χ2n) is 8.32. The van der Waals surface area contributed by atoms with Gasteiger partial charge in [0.25, 0.3) is 11.7 Å². The number of hydrogen-bond acceptors (Lipinski definition) is 8. The van der Waals surface area contributed by atoms with Crippen LogP contribution in [0.3, 0.4) is 0 Å². The van der Waals surface area contributed by atoms with Crippen LogP contribution in [0.1, 0.15) is 39.0 Å². The lowest BCUT2D eigenvalue weighted by Gasteiger charge is -2.30. The molecule has 1 amide bonds. The van der Waals surface area contributed by atoms with E-state index in [1.54, 1.807) is 38.2 Å². The SMILES string of the molecule is COC(=O)c1[nH]c(C)c(/C(O)=C2\C(=O)C(=O)N(CCN3CCOCC3)C2c2ccccn2)c1C. The lowest BCUT2D eigenvalue weighted by Crippen LogP contribution is -2.42. The number of carbonyl (C=O) groups is 3. The zero-order valence-electron chi connectivity index (χ0n) is 19.5. The van der Waals surface area contributed by atoms with Crippen molar-refractivity contribution >= 4 is 23.4 Å². The Bertz CT molecular complexity index is 1130. The van der Waals surface area contributed by atoms with Crippen LogP contribution < -0.4 is 0 Å². The van der Waals surface area contributed by atoms with Crippen molar-refractivity contribution in [3.63, 3.8) is 0 Å². The van der Waals surface area contributed by atoms with E-state index in [9.17, 15) is 19.5 Å². The number of aliphatic hydroxyl groups is 1. The summed E-state index contributed by atoms with van der Waals surface area (Å²) >= 11 is 0. The first kappa shape index (κ1) is 23.7. The van der Waals surface area contributed by atoms with E-state index in [-0.39, 0.29) is 17.0 Å². The van der Waals surface area contributed by atoms with Gasteiger partial charge in [-0.15, -0.1) is 0 Å². The summed E-state index contributed by atoms with van der Waals surface area (Å²) in [4.78, 5) is 49.4. The van der Waals surface area contributed by atoms with Crippen LogP contribution in [0.4, 0.5) is 0 Å². The molecule has 4 heterocycles. The Kier molecular flexibility index (Phi) is 6.80. The van der Waals surface area contributed by atoms with Crippen molar-refractivity contribution < 1.29 is 29.0 Å². The first-order valence-electron chi connectivity index (χ1n) is 11.1. The number of ketones is 1. The Hall–Kier alpha value is -3.50. The molecule has 1 atom stereocenters. The summed E-state index contributed by atoms with van der Waals surface area (Å²) in [5, 5.41) is 11.4. The van der Waals surface area contributed by atoms with Crippen LogP contribution >= 0.6 is 0 Å². The molecule has 0 bridgehead atoms. The van der Waals surface area contributed by atoms with Crippen LogP contribution in [-0.2, 0) is 19.1 Å². The van der Waals surface area contributed by atoms with Crippen molar-refractivity contribution in [3.8, 4) is 0 Å². The van der Waals surface area contributed by atoms with E-state index < -0.39 is 23.7 Å². The molecule has 0 saturated carbocycles. The summed E-state index contributed by atoms with van der Waals surface area (Å²) in [6.45, 7) is 6.92. The number of hydrogen-bond donors (Lipinski definition) is 2. The number of Topliss-reactive ketones (excluding diaryl/α,β-unsaturated/α-hetero) is 1. The zero-order valence-corrected chi connectivity index (χ0v) is 19.5. The maximum absolute atomic E-state index is 13.2. The summed E-state index contributed by atoms with van der Waals surface area (Å²) in [5.74, 6) is -2.41. The van der Waals surface area contributed by atoms with Gasteiger partial charge >= 0.3 is 5.97 Å². The Morgan fingerprint density at radius 2 is 1.97 bits per heavy atom. The molecule has 10 nitrogen and oxygen atoms in total. The lowest BCUT2D eigenvalue weighted by molar-refractivity contribution is -0.140. The van der Waals surface area contributed by atoms with E-state index in [0.717, 1.165) is 13.1 Å². The largest absolute Gasteiger partial charge is 0.507 e. The van der Waals surface area contributed by atoms with E-state index in [1.165, 1.54) is 12.0 Å². The Morgan fingerprint density at radius 3 is 2.62 bits per heavy atom. The van der Waals surface area contributed by atoms with Crippen molar-refractivity contribution in [1.29, 1.82) is 0 Å². The minimum Gasteiger partial charge on any atom is -0.507 e. The molecule has 2 saturated heterocycles. The second-order valence-corrected chi connectivity index (χ2v) is 8.32. The molecule has 10 heteroatoms. The van der Waals surface area contributed by atoms with Crippen molar-refractivity contribution in [2.24, 2.45) is 0 Å². The van der Waals surface area contributed by atoms with Crippen LogP contribution in [0, 0.1) is 13.8 Å². The van der Waals surface area contributed by atoms with Gasteiger partial charge in [-0.25, -0.2) is 4.79 Å². The number of carbonyl (C=O) groups excluding carboxylic acids is 3. The van der Waals surface area contributed by atoms with E-state index in [0.29, 0.717) is 48.8 Å². The highest BCUT2D eigenvalue weighted by Gasteiger charge is 2.47. The number of aryl methyl sites for hydroxylation is 1. The monoisotopic (exact) mass is 468 g/mol. The third-order valence-corrected chi connectivity index (χ3v) is 6.33. The number of amides is 1. The first-order chi connectivity index (χ1) is 16.3. The van der Waals surface area contributed by atoms with Gasteiger partial charge in [-0.05, 0) is 31.5 Å². The Balaban J connectivity index is 1.78. The maximum Gasteiger partial charge on any atom is 0.354 e. The summed E-state index contributed by atoms with van der Waals surface area (Å²) < 4.78 is 10.2. The van der Waals surface area contributed by atoms with Crippen molar-refractivity contribution in [2.45, 2.75) is 19.9 Å². The van der Waals surface area contributed by atoms with Crippen molar-refractivity contribution in [3.05, 3.63) is 58.2 Å². The normalized spacial score (nSPS) is 20.7. The first-order valence-corrected chi connectivity index (χ1v) is 11.1. The summed E-state index contributed by atoms with van der Waals surface area (Å²) in [5.41, 5.74) is 1.82. The number of rotatable bonds is 6. The van der Waals surface area contributed by atoms with E-state index in [2.05, 4.69) is 14.9 Å². The van der Waals surface area contributed by atoms with Gasteiger partial charge in [0.2, 0.25) is 0 Å². The Morgan fingerprint density at radius 1 is 1.24 bits per heavy atom. The van der Waals surface area contributed by atoms with Gasteiger partial charge < -0.3 is 24.5 Å². The van der Waals surface area contributed by atoms with Gasteiger partial charge in [0.05, 0.1) is 31.6 Å². The topological polar surface area (TPSA) is 125 Å². The molecular formula is C24H28N4O6. The number of nitrogens with one attached hydrogen (secondary N) is 1. The number of aromatic nitrogens is 2. The highest BCUT2D eigenvalue weighted by molar-refractivity contribution is 6.46. The molecule has 2 aliphatic rings. The predicted octanol–water partition coefficient (Wildman–Crippen LogP) is 1.57. The number of morpholine rings is 1. The molecule has 4 rings (SSSR count). The van der Waals surface area contributed by atoms with Gasteiger partial charge in [-0.3, -0.25) is 19.5 Å². The fourth-order valence-electron chi connectivity index (χ4n) is 4.58. The minimum atomic E-state index is -0.850. The highest BCUT2D eigenvalue weighted by Crippen LogP contribution is 2.40. The van der Waals surface area contributed by atoms with Gasteiger partial charge in [0.15, 0.2) is 0 Å². The molecule has 2 aliphatic heterocycles. The number of ether oxygens (including phenoxy) is 2. The molecule has 34 heavy (non-hydrogen) atoms. The van der Waals surface area contributed by atoms with Gasteiger partial charge in [0.1, 0.15) is 17.5 Å². The molecule has 180 valence electrons. The van der Waals surface area contributed by atoms with Crippen LogP contribution in [0.15, 0.2) is 30.0 Å². The van der Waals surface area contributed by atoms with Crippen LogP contribution in [0.2, 0.25) is 0 Å². The van der Waals surface area contributed by atoms with Crippen molar-refractivity contribution in [1.82, 2.24) is 19.8 Å². The van der Waals surface area contributed by atoms with Gasteiger partial charge in [-0.1, -0.05) is 6.07 Å². The highest BCUT2D eigenvalue weighted by atomic mass is 16.5. The third kappa shape index (κ3) is 4.22. The summed E-state index contributed by atoms with van der Waals surface area (Å²) in [6, 6.07) is 4.39. The third-order valence-electron chi connectivity index (χ3n) is 6.33. The fourth-order valence-corrected chi connectivity index (χ4v) is 4.58. The van der Waals surface area contributed by atoms with E-state index in [4.69, 9.17) is 9.47 Å². The van der Waals surface area contributed by atoms with Gasteiger partial charge in [-0.2, -0.15) is 0 Å². The predicted molar refractivity (Wildman–Crippen MR) is 122 cm³/mol. The number of H-pyrrole nitrogens is 1. The fraction of sp³-hybridized carbons (Fsp3) is 0.417. The standard InChI is InChI=1S/C24H28N4O6/c1-14-17(15(2)26-19(14)24(32)33-3)21(29)18-20(16-6-4-5-7-25-16)28(23(31)22(18)30)9-8-27-10-12-34-13-11-27/h4-7,20,26,29H,8-13H2,1-3H3/b21-18+. The summed E-state index contributed by atoms with van der Waals surface area (Å²) in [6.07, 6.45) is 1.58. The van der Waals surface area contributed by atoms with Gasteiger partial charge in [0, 0.05) is 43.6 Å². The van der Waals surface area contributed by atoms with E-state index >= 15 is 0 Å². The number of pyridine rings is 1. The smallest absolute Gasteiger partial charge is 0.354 e. The van der Waals surface area contributed by atoms with Crippen LogP contribution in [0.5, 0.6) is 0 Å². The molecular weight excluding hydrogens is 440 g/mol. The molecule has 2 aromatic heterocycles. The molecule has 0 aliphatic carbocycles. The molecule has 0 radical (unpaired) electrons. The number of nitrogens with zero attached hydrogens (tertiary/aromatic N) is 3. The average molecular weight is 469 g/mol. The number of likely N-dealkylation sites (tertiary alicyclic amines) is 1. The molecule has 2 N–H and O–H groups in total. The molecule has 1 unspecified atom stereocenters. The number of aromatic amines is 1. The molecule has 0 spiro atoms. The number of esters is 1.